The average molecular weight is 347 g/mol. The second-order valence-electron chi connectivity index (χ2n) is 5.39. The van der Waals surface area contributed by atoms with Gasteiger partial charge in [-0.1, -0.05) is 36.4 Å². The summed E-state index contributed by atoms with van der Waals surface area (Å²) in [5.74, 6) is 0. The maximum atomic E-state index is 13.5. The molecule has 0 fully saturated rings. The van der Waals surface area contributed by atoms with Gasteiger partial charge in [-0.3, -0.25) is 13.6 Å². The molecule has 0 saturated carbocycles. The minimum absolute atomic E-state index is 0.0257. The van der Waals surface area contributed by atoms with Crippen LogP contribution in [-0.4, -0.2) is 12.3 Å². The fourth-order valence-corrected chi connectivity index (χ4v) is 2.53. The molecule has 0 N–H and O–H groups in total. The first kappa shape index (κ1) is 17.1. The summed E-state index contributed by atoms with van der Waals surface area (Å²) in [6.07, 6.45) is -1.79. The molecule has 3 rings (SSSR count). The molecule has 0 radical (unpaired) electrons. The van der Waals surface area contributed by atoms with E-state index >= 15 is 0 Å². The first-order valence-corrected chi connectivity index (χ1v) is 7.37. The highest BCUT2D eigenvalue weighted by molar-refractivity contribution is 6.68. The summed E-state index contributed by atoms with van der Waals surface area (Å²) in [5, 5.41) is 1.53. The molecule has 0 aliphatic carbocycles. The van der Waals surface area contributed by atoms with Crippen LogP contribution in [-0.2, 0) is 6.18 Å². The van der Waals surface area contributed by atoms with Crippen molar-refractivity contribution in [2.45, 2.75) is 6.18 Å². The monoisotopic (exact) mass is 347 g/mol. The van der Waals surface area contributed by atoms with E-state index < -0.39 is 19.0 Å². The van der Waals surface area contributed by atoms with Crippen molar-refractivity contribution in [1.82, 2.24) is 4.98 Å². The van der Waals surface area contributed by atoms with Crippen molar-refractivity contribution in [3.63, 3.8) is 0 Å². The molecule has 0 aliphatic rings. The van der Waals surface area contributed by atoms with Gasteiger partial charge in [0.15, 0.2) is 0 Å². The van der Waals surface area contributed by atoms with E-state index in [2.05, 4.69) is 4.98 Å². The molecule has 0 amide bonds. The van der Waals surface area contributed by atoms with Crippen LogP contribution in [0, 0.1) is 0 Å². The van der Waals surface area contributed by atoms with E-state index in [0.29, 0.717) is 11.1 Å². The van der Waals surface area contributed by atoms with E-state index in [-0.39, 0.29) is 11.0 Å². The quantitative estimate of drug-likeness (QED) is 0.434. The third-order valence-corrected chi connectivity index (χ3v) is 3.78. The van der Waals surface area contributed by atoms with Crippen molar-refractivity contribution in [2.24, 2.45) is 0 Å². The molecule has 7 heteroatoms. The third kappa shape index (κ3) is 3.70. The fraction of sp³-hybridized carbons (Fsp3) is 0.0556. The zero-order chi connectivity index (χ0) is 18.0. The van der Waals surface area contributed by atoms with Crippen LogP contribution in [0.1, 0.15) is 16.8 Å². The predicted octanol–water partition coefficient (Wildman–Crippen LogP) is 5.76. The van der Waals surface area contributed by atoms with Gasteiger partial charge >= 0.3 is 13.4 Å². The first-order chi connectivity index (χ1) is 11.9. The summed E-state index contributed by atoms with van der Waals surface area (Å²) in [6.45, 7) is 0. The van der Waals surface area contributed by atoms with Crippen LogP contribution in [0.15, 0.2) is 60.8 Å². The highest BCUT2D eigenvalue weighted by Gasteiger charge is 2.30. The predicted molar refractivity (Wildman–Crippen MR) is 89.0 cm³/mol. The molecule has 0 spiro atoms. The fourth-order valence-electron chi connectivity index (χ4n) is 2.53. The molecule has 0 atom stereocenters. The lowest BCUT2D eigenvalue weighted by Gasteiger charge is -2.09. The number of rotatable bonds is 3. The summed E-state index contributed by atoms with van der Waals surface area (Å²) in [6, 6.07) is 12.6. The molecule has 0 aliphatic heterocycles. The van der Waals surface area contributed by atoms with Crippen molar-refractivity contribution in [1.29, 1.82) is 0 Å². The molecular weight excluding hydrogens is 336 g/mol. The van der Waals surface area contributed by atoms with Gasteiger partial charge in [0, 0.05) is 17.1 Å². The topological polar surface area (TPSA) is 12.9 Å². The molecule has 0 bridgehead atoms. The Morgan fingerprint density at radius 3 is 2.24 bits per heavy atom. The Kier molecular flexibility index (Phi) is 4.57. The molecule has 0 unspecified atom stereocenters. The molecule has 1 heterocycles. The Morgan fingerprint density at radius 1 is 0.920 bits per heavy atom. The van der Waals surface area contributed by atoms with Gasteiger partial charge in [0.1, 0.15) is 0 Å². The van der Waals surface area contributed by atoms with Crippen LogP contribution in [0.3, 0.4) is 0 Å². The van der Waals surface area contributed by atoms with Gasteiger partial charge in [0.2, 0.25) is 0 Å². The lowest BCUT2D eigenvalue weighted by molar-refractivity contribution is -0.137. The van der Waals surface area contributed by atoms with Gasteiger partial charge in [0.05, 0.1) is 11.3 Å². The van der Waals surface area contributed by atoms with Gasteiger partial charge < -0.3 is 0 Å². The van der Waals surface area contributed by atoms with Gasteiger partial charge in [-0.05, 0) is 35.2 Å². The van der Waals surface area contributed by atoms with E-state index in [1.807, 2.05) is 12.1 Å². The van der Waals surface area contributed by atoms with Crippen LogP contribution in [0.25, 0.3) is 22.3 Å². The van der Waals surface area contributed by atoms with Crippen molar-refractivity contribution in [3.05, 3.63) is 77.6 Å². The minimum Gasteiger partial charge on any atom is -0.281 e. The number of hydrogen-bond donors (Lipinski definition) is 0. The average Bonchev–Trinajstić information content (AvgIpc) is 2.59. The molecule has 25 heavy (non-hydrogen) atoms. The highest BCUT2D eigenvalue weighted by atomic mass is 19.4. The Hall–Kier alpha value is -2.70. The Bertz CT molecular complexity index is 911. The lowest BCUT2D eigenvalue weighted by atomic mass is 9.78. The molecule has 1 nitrogen and oxygen atoms in total. The van der Waals surface area contributed by atoms with E-state index in [1.165, 1.54) is 12.3 Å². The number of benzene rings is 2. The molecule has 2 aromatic carbocycles. The van der Waals surface area contributed by atoms with Crippen LogP contribution in [0.5, 0.6) is 0 Å². The van der Waals surface area contributed by atoms with Crippen LogP contribution in [0.4, 0.5) is 21.8 Å². The smallest absolute Gasteiger partial charge is 0.281 e. The Morgan fingerprint density at radius 2 is 1.60 bits per heavy atom. The zero-order valence-electron chi connectivity index (χ0n) is 12.8. The maximum absolute atomic E-state index is 13.5. The van der Waals surface area contributed by atoms with Crippen molar-refractivity contribution >= 4 is 29.6 Å². The van der Waals surface area contributed by atoms with Gasteiger partial charge in [0.25, 0.3) is 0 Å². The maximum Gasteiger partial charge on any atom is 0.572 e. The van der Waals surface area contributed by atoms with E-state index in [0.717, 1.165) is 29.7 Å². The lowest BCUT2D eigenvalue weighted by Crippen LogP contribution is -2.06. The molecular formula is C18H11BF5N. The molecule has 1 aromatic heterocycles. The van der Waals surface area contributed by atoms with Crippen molar-refractivity contribution in [3.8, 4) is 0 Å². The zero-order valence-corrected chi connectivity index (χ0v) is 12.8. The van der Waals surface area contributed by atoms with E-state index in [1.54, 1.807) is 18.2 Å². The number of nitrogens with zero attached hydrogens (tertiary/aromatic N) is 1. The number of fused-ring (bicyclic) bond motifs is 1. The summed E-state index contributed by atoms with van der Waals surface area (Å²) in [7, 11) is -2.85. The Balaban J connectivity index is 2.08. The largest absolute Gasteiger partial charge is 0.572 e. The summed E-state index contributed by atoms with van der Waals surface area (Å²) < 4.78 is 64.9. The number of pyridine rings is 1. The van der Waals surface area contributed by atoms with Crippen molar-refractivity contribution < 1.29 is 21.8 Å². The summed E-state index contributed by atoms with van der Waals surface area (Å²) in [4.78, 5) is 4.12. The van der Waals surface area contributed by atoms with Crippen LogP contribution in [0.2, 0.25) is 0 Å². The number of halogens is 5. The van der Waals surface area contributed by atoms with Crippen molar-refractivity contribution in [2.75, 3.05) is 0 Å². The normalized spacial score (nSPS) is 12.4. The molecule has 3 aromatic rings. The van der Waals surface area contributed by atoms with Gasteiger partial charge in [-0.2, -0.15) is 13.2 Å². The number of aromatic nitrogens is 1. The number of alkyl halides is 3. The SMILES string of the molecule is FB(F)/C(=C/c1nccc2ccccc12)c1ccc(C(F)(F)F)cc1. The second-order valence-corrected chi connectivity index (χ2v) is 5.39. The summed E-state index contributed by atoms with van der Waals surface area (Å²) >= 11 is 0. The second kappa shape index (κ2) is 6.66. The third-order valence-electron chi connectivity index (χ3n) is 3.78. The number of hydrogen-bond acceptors (Lipinski definition) is 1. The van der Waals surface area contributed by atoms with Crippen LogP contribution < -0.4 is 0 Å². The first-order valence-electron chi connectivity index (χ1n) is 7.37. The molecule has 126 valence electrons. The summed E-state index contributed by atoms with van der Waals surface area (Å²) in [5.41, 5.74) is -0.892. The molecule has 0 saturated heterocycles. The van der Waals surface area contributed by atoms with E-state index in [4.69, 9.17) is 0 Å². The Labute approximate surface area is 141 Å². The van der Waals surface area contributed by atoms with Gasteiger partial charge in [-0.15, -0.1) is 0 Å². The van der Waals surface area contributed by atoms with Gasteiger partial charge in [-0.25, -0.2) is 0 Å². The standard InChI is InChI=1S/C18H11BF5N/c20-18(21,22)14-7-5-13(6-8-14)16(19(23)24)11-17-15-4-2-1-3-12(15)9-10-25-17/h1-11H/b16-11+. The van der Waals surface area contributed by atoms with Crippen LogP contribution >= 0.6 is 0 Å². The van der Waals surface area contributed by atoms with E-state index in [9.17, 15) is 21.8 Å². The highest BCUT2D eigenvalue weighted by Crippen LogP contribution is 2.31. The minimum atomic E-state index is -4.51.